The highest BCUT2D eigenvalue weighted by Crippen LogP contribution is 2.09. The first-order valence-electron chi connectivity index (χ1n) is 8.72. The van der Waals surface area contributed by atoms with Gasteiger partial charge < -0.3 is 25.2 Å². The first kappa shape index (κ1) is 23.3. The summed E-state index contributed by atoms with van der Waals surface area (Å²) in [6.07, 6.45) is -1.95. The van der Waals surface area contributed by atoms with Crippen molar-refractivity contribution in [3.63, 3.8) is 0 Å². The molecule has 0 saturated heterocycles. The van der Waals surface area contributed by atoms with Gasteiger partial charge >= 0.3 is 12.1 Å². The van der Waals surface area contributed by atoms with Crippen molar-refractivity contribution < 1.29 is 33.4 Å². The molecule has 10 heteroatoms. The second-order valence-corrected chi connectivity index (χ2v) is 6.93. The van der Waals surface area contributed by atoms with Crippen LogP contribution in [0.15, 0.2) is 12.1 Å². The lowest BCUT2D eigenvalue weighted by molar-refractivity contribution is -0.148. The Morgan fingerprint density at radius 3 is 2.46 bits per heavy atom. The van der Waals surface area contributed by atoms with Gasteiger partial charge in [-0.15, -0.1) is 0 Å². The number of nitrogens with one attached hydrogen (secondary N) is 2. The Morgan fingerprint density at radius 2 is 1.93 bits per heavy atom. The molecule has 2 amide bonds. The maximum absolute atomic E-state index is 14.0. The summed E-state index contributed by atoms with van der Waals surface area (Å²) in [5.41, 5.74) is -1.07. The summed E-state index contributed by atoms with van der Waals surface area (Å²) >= 11 is 0. The summed E-state index contributed by atoms with van der Waals surface area (Å²) in [7, 11) is 0. The van der Waals surface area contributed by atoms with Crippen molar-refractivity contribution in [3.05, 3.63) is 29.3 Å². The molecule has 0 aliphatic carbocycles. The average molecular weight is 399 g/mol. The normalized spacial score (nSPS) is 13.2. The third kappa shape index (κ3) is 7.47. The van der Waals surface area contributed by atoms with E-state index in [1.165, 1.54) is 13.0 Å². The monoisotopic (exact) mass is 399 g/mol. The van der Waals surface area contributed by atoms with Crippen molar-refractivity contribution in [2.75, 3.05) is 6.61 Å². The van der Waals surface area contributed by atoms with E-state index in [0.717, 1.165) is 6.07 Å². The molecule has 2 unspecified atom stereocenters. The number of carbonyl (C=O) groups excluding carboxylic acids is 3. The summed E-state index contributed by atoms with van der Waals surface area (Å²) in [4.78, 5) is 39.7. The summed E-state index contributed by atoms with van der Waals surface area (Å²) in [5.74, 6) is -2.78. The fourth-order valence-corrected chi connectivity index (χ4v) is 2.04. The number of esters is 1. The zero-order chi connectivity index (χ0) is 21.5. The lowest BCUT2D eigenvalue weighted by Gasteiger charge is -2.20. The molecule has 3 N–H and O–H groups in total. The third-order valence-electron chi connectivity index (χ3n) is 3.24. The summed E-state index contributed by atoms with van der Waals surface area (Å²) < 4.78 is 23.9. The SMILES string of the molecule is CCOC(=O)C(NC(=O)c1nc(CNC(=O)OC(C)(C)C)ccc1F)C(C)O. The largest absolute Gasteiger partial charge is 0.464 e. The van der Waals surface area contributed by atoms with Gasteiger partial charge in [-0.1, -0.05) is 0 Å². The van der Waals surface area contributed by atoms with Gasteiger partial charge in [0.15, 0.2) is 17.6 Å². The molecule has 0 bridgehead atoms. The van der Waals surface area contributed by atoms with E-state index in [1.54, 1.807) is 27.7 Å². The number of amides is 2. The van der Waals surface area contributed by atoms with Crippen LogP contribution in [-0.2, 0) is 20.8 Å². The van der Waals surface area contributed by atoms with Gasteiger partial charge in [0.05, 0.1) is 24.9 Å². The van der Waals surface area contributed by atoms with Crippen molar-refractivity contribution >= 4 is 18.0 Å². The van der Waals surface area contributed by atoms with Crippen LogP contribution in [0.5, 0.6) is 0 Å². The minimum Gasteiger partial charge on any atom is -0.464 e. The second-order valence-electron chi connectivity index (χ2n) is 6.93. The number of nitrogens with zero attached hydrogens (tertiary/aromatic N) is 1. The number of ether oxygens (including phenoxy) is 2. The lowest BCUT2D eigenvalue weighted by Crippen LogP contribution is -2.49. The Balaban J connectivity index is 2.87. The zero-order valence-electron chi connectivity index (χ0n) is 16.5. The third-order valence-corrected chi connectivity index (χ3v) is 3.24. The van der Waals surface area contributed by atoms with Crippen molar-refractivity contribution in [3.8, 4) is 0 Å². The minimum absolute atomic E-state index is 0.0519. The molecule has 1 heterocycles. The van der Waals surface area contributed by atoms with Crippen molar-refractivity contribution in [2.45, 2.75) is 58.9 Å². The maximum atomic E-state index is 14.0. The van der Waals surface area contributed by atoms with Crippen LogP contribution >= 0.6 is 0 Å². The zero-order valence-corrected chi connectivity index (χ0v) is 16.5. The van der Waals surface area contributed by atoms with Crippen LogP contribution in [0.2, 0.25) is 0 Å². The van der Waals surface area contributed by atoms with Gasteiger partial charge in [0, 0.05) is 0 Å². The first-order valence-corrected chi connectivity index (χ1v) is 8.72. The molecular weight excluding hydrogens is 373 g/mol. The molecule has 1 rings (SSSR count). The topological polar surface area (TPSA) is 127 Å². The molecule has 0 aromatic carbocycles. The van der Waals surface area contributed by atoms with Gasteiger partial charge in [0.25, 0.3) is 5.91 Å². The van der Waals surface area contributed by atoms with Crippen molar-refractivity contribution in [1.29, 1.82) is 0 Å². The van der Waals surface area contributed by atoms with Crippen LogP contribution in [0.4, 0.5) is 9.18 Å². The smallest absolute Gasteiger partial charge is 0.407 e. The predicted octanol–water partition coefficient (Wildman–Crippen LogP) is 1.29. The summed E-state index contributed by atoms with van der Waals surface area (Å²) in [6.45, 7) is 7.91. The molecule has 0 radical (unpaired) electrons. The van der Waals surface area contributed by atoms with Crippen LogP contribution in [0.3, 0.4) is 0 Å². The van der Waals surface area contributed by atoms with E-state index in [1.807, 2.05) is 0 Å². The Hall–Kier alpha value is -2.75. The van der Waals surface area contributed by atoms with Crippen LogP contribution in [-0.4, -0.2) is 52.4 Å². The van der Waals surface area contributed by atoms with E-state index in [-0.39, 0.29) is 18.8 Å². The summed E-state index contributed by atoms with van der Waals surface area (Å²) in [6, 6.07) is 0.925. The molecule has 28 heavy (non-hydrogen) atoms. The van der Waals surface area contributed by atoms with Gasteiger partial charge in [0.1, 0.15) is 5.60 Å². The molecular formula is C18H26FN3O6. The number of pyridine rings is 1. The molecule has 0 aliphatic rings. The van der Waals surface area contributed by atoms with E-state index in [9.17, 15) is 23.9 Å². The Morgan fingerprint density at radius 1 is 1.29 bits per heavy atom. The highest BCUT2D eigenvalue weighted by atomic mass is 19.1. The number of alkyl carbamates (subject to hydrolysis) is 1. The second kappa shape index (κ2) is 9.98. The van der Waals surface area contributed by atoms with Crippen LogP contribution in [0.25, 0.3) is 0 Å². The standard InChI is InChI=1S/C18H26FN3O6/c1-6-27-16(25)13(10(2)23)22-15(24)14-12(19)8-7-11(21-14)9-20-17(26)28-18(3,4)5/h7-8,10,13,23H,6,9H2,1-5H3,(H,20,26)(H,22,24). The van der Waals surface area contributed by atoms with Crippen LogP contribution in [0, 0.1) is 5.82 Å². The minimum atomic E-state index is -1.38. The van der Waals surface area contributed by atoms with Gasteiger partial charge in [-0.3, -0.25) is 4.79 Å². The first-order chi connectivity index (χ1) is 12.9. The number of halogens is 1. The molecule has 156 valence electrons. The molecule has 0 spiro atoms. The molecule has 1 aromatic heterocycles. The molecule has 0 saturated carbocycles. The van der Waals surface area contributed by atoms with E-state index < -0.39 is 47.2 Å². The van der Waals surface area contributed by atoms with E-state index >= 15 is 0 Å². The maximum Gasteiger partial charge on any atom is 0.407 e. The van der Waals surface area contributed by atoms with Crippen LogP contribution < -0.4 is 10.6 Å². The number of hydrogen-bond acceptors (Lipinski definition) is 7. The van der Waals surface area contributed by atoms with Gasteiger partial charge in [-0.2, -0.15) is 0 Å². The van der Waals surface area contributed by atoms with E-state index in [4.69, 9.17) is 9.47 Å². The predicted molar refractivity (Wildman–Crippen MR) is 96.8 cm³/mol. The Kier molecular flexibility index (Phi) is 8.30. The lowest BCUT2D eigenvalue weighted by atomic mass is 10.1. The number of aliphatic hydroxyl groups excluding tert-OH is 1. The number of rotatable bonds is 7. The fourth-order valence-electron chi connectivity index (χ4n) is 2.04. The Bertz CT molecular complexity index is 718. The molecule has 1 aromatic rings. The van der Waals surface area contributed by atoms with Gasteiger partial charge in [-0.05, 0) is 46.8 Å². The number of carbonyl (C=O) groups is 3. The van der Waals surface area contributed by atoms with E-state index in [2.05, 4.69) is 15.6 Å². The molecule has 2 atom stereocenters. The van der Waals surface area contributed by atoms with Crippen molar-refractivity contribution in [2.24, 2.45) is 0 Å². The van der Waals surface area contributed by atoms with Crippen LogP contribution in [0.1, 0.15) is 50.8 Å². The van der Waals surface area contributed by atoms with E-state index in [0.29, 0.717) is 0 Å². The Labute approximate surface area is 162 Å². The number of aliphatic hydroxyl groups is 1. The highest BCUT2D eigenvalue weighted by molar-refractivity contribution is 5.95. The molecule has 0 aliphatic heterocycles. The fraction of sp³-hybridized carbons (Fsp3) is 0.556. The highest BCUT2D eigenvalue weighted by Gasteiger charge is 2.29. The molecule has 9 nitrogen and oxygen atoms in total. The van der Waals surface area contributed by atoms with Gasteiger partial charge in [-0.25, -0.2) is 19.0 Å². The quantitative estimate of drug-likeness (QED) is 0.590. The average Bonchev–Trinajstić information content (AvgIpc) is 2.57. The van der Waals surface area contributed by atoms with Crippen molar-refractivity contribution in [1.82, 2.24) is 15.6 Å². The molecule has 0 fully saturated rings. The number of hydrogen-bond donors (Lipinski definition) is 3. The summed E-state index contributed by atoms with van der Waals surface area (Å²) in [5, 5.41) is 14.3. The van der Waals surface area contributed by atoms with Gasteiger partial charge in [0.2, 0.25) is 0 Å². The number of aromatic nitrogens is 1.